The largest absolute Gasteiger partial charge is 0.459 e. The summed E-state index contributed by atoms with van der Waals surface area (Å²) in [6.45, 7) is 7.89. The van der Waals surface area contributed by atoms with E-state index in [0.717, 1.165) is 36.3 Å². The van der Waals surface area contributed by atoms with Crippen molar-refractivity contribution in [3.8, 4) is 0 Å². The van der Waals surface area contributed by atoms with Gasteiger partial charge in [0.1, 0.15) is 0 Å². The third kappa shape index (κ3) is 6.14. The average molecular weight is 390 g/mol. The van der Waals surface area contributed by atoms with Gasteiger partial charge in [0.15, 0.2) is 17.5 Å². The molecule has 0 aliphatic rings. The van der Waals surface area contributed by atoms with Gasteiger partial charge in [-0.1, -0.05) is 19.0 Å². The molecule has 2 aromatic heterocycles. The fourth-order valence-electron chi connectivity index (χ4n) is 2.89. The monoisotopic (exact) mass is 389 g/mol. The molecular formula is C20H31N5O3. The summed E-state index contributed by atoms with van der Waals surface area (Å²) in [4.78, 5) is 16.1. The van der Waals surface area contributed by atoms with Gasteiger partial charge in [0.25, 0.3) is 5.91 Å². The Morgan fingerprint density at radius 3 is 2.61 bits per heavy atom. The molecule has 28 heavy (non-hydrogen) atoms. The van der Waals surface area contributed by atoms with Crippen LogP contribution in [0.2, 0.25) is 0 Å². The highest BCUT2D eigenvalue weighted by Crippen LogP contribution is 2.22. The van der Waals surface area contributed by atoms with Crippen LogP contribution in [0.15, 0.2) is 32.3 Å². The van der Waals surface area contributed by atoms with Gasteiger partial charge in [-0.15, -0.1) is 0 Å². The Hall–Kier alpha value is -2.77. The maximum atomic E-state index is 12.0. The van der Waals surface area contributed by atoms with Crippen LogP contribution in [0.1, 0.15) is 66.6 Å². The topological polar surface area (TPSA) is 105 Å². The van der Waals surface area contributed by atoms with E-state index in [1.165, 1.54) is 6.26 Å². The molecular weight excluding hydrogens is 358 g/mol. The number of aliphatic imine (C=N–C) groups is 1. The number of guanidine groups is 1. The van der Waals surface area contributed by atoms with Crippen LogP contribution in [0.25, 0.3) is 0 Å². The van der Waals surface area contributed by atoms with Crippen LogP contribution in [0.5, 0.6) is 0 Å². The van der Waals surface area contributed by atoms with Gasteiger partial charge in [0.2, 0.25) is 0 Å². The first-order chi connectivity index (χ1) is 13.6. The van der Waals surface area contributed by atoms with Crippen LogP contribution < -0.4 is 16.0 Å². The van der Waals surface area contributed by atoms with Gasteiger partial charge in [-0.25, -0.2) is 0 Å². The molecule has 0 aliphatic heterocycles. The van der Waals surface area contributed by atoms with Crippen LogP contribution in [-0.4, -0.2) is 37.2 Å². The first kappa shape index (κ1) is 21.5. The third-order valence-electron chi connectivity index (χ3n) is 4.63. The van der Waals surface area contributed by atoms with Gasteiger partial charge in [0, 0.05) is 37.7 Å². The Balaban J connectivity index is 1.66. The second-order valence-electron chi connectivity index (χ2n) is 6.63. The van der Waals surface area contributed by atoms with Crippen molar-refractivity contribution in [2.75, 3.05) is 20.1 Å². The number of hydrogen-bond donors (Lipinski definition) is 3. The number of nitrogens with zero attached hydrogens (tertiary/aromatic N) is 2. The fraction of sp³-hybridized carbons (Fsp3) is 0.550. The second kappa shape index (κ2) is 11.2. The lowest BCUT2D eigenvalue weighted by Gasteiger charge is -2.11. The van der Waals surface area contributed by atoms with Gasteiger partial charge >= 0.3 is 0 Å². The number of amides is 1. The van der Waals surface area contributed by atoms with Crippen molar-refractivity contribution < 1.29 is 13.7 Å². The van der Waals surface area contributed by atoms with E-state index >= 15 is 0 Å². The van der Waals surface area contributed by atoms with Crippen molar-refractivity contribution in [2.45, 2.75) is 52.5 Å². The Morgan fingerprint density at radius 2 is 1.96 bits per heavy atom. The summed E-state index contributed by atoms with van der Waals surface area (Å²) in [7, 11) is 1.72. The zero-order valence-electron chi connectivity index (χ0n) is 17.2. The van der Waals surface area contributed by atoms with E-state index in [1.807, 2.05) is 13.0 Å². The van der Waals surface area contributed by atoms with Gasteiger partial charge in [-0.3, -0.25) is 9.79 Å². The lowest BCUT2D eigenvalue weighted by Crippen LogP contribution is -2.38. The molecule has 8 nitrogen and oxygen atoms in total. The predicted molar refractivity (Wildman–Crippen MR) is 108 cm³/mol. The van der Waals surface area contributed by atoms with Crippen LogP contribution in [0.3, 0.4) is 0 Å². The molecule has 0 bridgehead atoms. The lowest BCUT2D eigenvalue weighted by molar-refractivity contribution is 0.0925. The maximum absolute atomic E-state index is 12.0. The molecule has 0 aromatic carbocycles. The molecule has 0 saturated heterocycles. The van der Waals surface area contributed by atoms with Crippen molar-refractivity contribution in [3.63, 3.8) is 0 Å². The Labute approximate surface area is 166 Å². The number of aromatic nitrogens is 1. The van der Waals surface area contributed by atoms with Crippen molar-refractivity contribution in [2.24, 2.45) is 4.99 Å². The van der Waals surface area contributed by atoms with Crippen molar-refractivity contribution >= 4 is 11.9 Å². The van der Waals surface area contributed by atoms with E-state index in [9.17, 15) is 4.79 Å². The molecule has 0 fully saturated rings. The molecule has 2 heterocycles. The number of furan rings is 1. The fourth-order valence-corrected chi connectivity index (χ4v) is 2.89. The molecule has 0 aliphatic carbocycles. The number of carbonyl (C=O) groups excluding carboxylic acids is 1. The van der Waals surface area contributed by atoms with Crippen LogP contribution in [0.4, 0.5) is 0 Å². The molecule has 0 spiro atoms. The van der Waals surface area contributed by atoms with Crippen LogP contribution >= 0.6 is 0 Å². The molecule has 2 aromatic rings. The molecule has 3 N–H and O–H groups in total. The molecule has 0 atom stereocenters. The average Bonchev–Trinajstić information content (AvgIpc) is 3.34. The van der Waals surface area contributed by atoms with Crippen molar-refractivity contribution in [1.29, 1.82) is 0 Å². The lowest BCUT2D eigenvalue weighted by atomic mass is 9.99. The molecule has 154 valence electrons. The van der Waals surface area contributed by atoms with E-state index in [2.05, 4.69) is 39.9 Å². The smallest absolute Gasteiger partial charge is 0.287 e. The van der Waals surface area contributed by atoms with E-state index < -0.39 is 0 Å². The van der Waals surface area contributed by atoms with Crippen molar-refractivity contribution in [1.82, 2.24) is 21.1 Å². The molecule has 1 amide bonds. The van der Waals surface area contributed by atoms with Gasteiger partial charge < -0.3 is 24.9 Å². The predicted octanol–water partition coefficient (Wildman–Crippen LogP) is 2.96. The summed E-state index contributed by atoms with van der Waals surface area (Å²) >= 11 is 0. The Morgan fingerprint density at radius 1 is 1.21 bits per heavy atom. The summed E-state index contributed by atoms with van der Waals surface area (Å²) in [6.07, 6.45) is 4.38. The van der Waals surface area contributed by atoms with Gasteiger partial charge in [-0.2, -0.15) is 0 Å². The summed E-state index contributed by atoms with van der Waals surface area (Å²) in [5, 5.41) is 13.4. The molecule has 0 saturated carbocycles. The summed E-state index contributed by atoms with van der Waals surface area (Å²) in [5.41, 5.74) is 1.84. The second-order valence-corrected chi connectivity index (χ2v) is 6.63. The van der Waals surface area contributed by atoms with Crippen molar-refractivity contribution in [3.05, 3.63) is 41.2 Å². The Kier molecular flexibility index (Phi) is 8.58. The molecule has 0 radical (unpaired) electrons. The van der Waals surface area contributed by atoms with E-state index in [0.29, 0.717) is 37.3 Å². The van der Waals surface area contributed by atoms with Crippen LogP contribution in [0, 0.1) is 6.92 Å². The quantitative estimate of drug-likeness (QED) is 0.328. The van der Waals surface area contributed by atoms with Gasteiger partial charge in [-0.05, 0) is 32.3 Å². The third-order valence-corrected chi connectivity index (χ3v) is 4.63. The summed E-state index contributed by atoms with van der Waals surface area (Å²) in [6, 6.07) is 3.78. The minimum absolute atomic E-state index is 0.191. The highest BCUT2D eigenvalue weighted by molar-refractivity contribution is 5.92. The number of carbonyl (C=O) groups is 1. The van der Waals surface area contributed by atoms with E-state index in [1.54, 1.807) is 13.1 Å². The molecule has 8 heteroatoms. The Bertz CT molecular complexity index is 761. The minimum Gasteiger partial charge on any atom is -0.459 e. The maximum Gasteiger partial charge on any atom is 0.287 e. The normalized spacial score (nSPS) is 11.7. The molecule has 0 unspecified atom stereocenters. The SMILES string of the molecule is CCC(CC)c1cc(CNC(=NC)NCCCNC(=O)c2occc2C)on1. The summed E-state index contributed by atoms with van der Waals surface area (Å²) < 4.78 is 10.6. The number of aryl methyl sites for hydroxylation is 1. The number of rotatable bonds is 10. The van der Waals surface area contributed by atoms with Gasteiger partial charge in [0.05, 0.1) is 18.5 Å². The number of nitrogens with one attached hydrogen (secondary N) is 3. The first-order valence-electron chi connectivity index (χ1n) is 9.81. The highest BCUT2D eigenvalue weighted by atomic mass is 16.5. The van der Waals surface area contributed by atoms with E-state index in [4.69, 9.17) is 8.94 Å². The van der Waals surface area contributed by atoms with E-state index in [-0.39, 0.29) is 5.91 Å². The van der Waals surface area contributed by atoms with Crippen LogP contribution in [-0.2, 0) is 6.54 Å². The molecule has 2 rings (SSSR count). The zero-order chi connectivity index (χ0) is 20.4. The standard InChI is InChI=1S/C20H31N5O3/c1-5-15(6-2)17-12-16(28-25-17)13-24-20(21-4)23-10-7-9-22-19(26)18-14(3)8-11-27-18/h8,11-12,15H,5-7,9-10,13H2,1-4H3,(H,22,26)(H2,21,23,24). The zero-order valence-corrected chi connectivity index (χ0v) is 17.2. The first-order valence-corrected chi connectivity index (χ1v) is 9.81. The highest BCUT2D eigenvalue weighted by Gasteiger charge is 2.13. The minimum atomic E-state index is -0.191. The summed E-state index contributed by atoms with van der Waals surface area (Å²) in [5.74, 6) is 2.07. The number of hydrogen-bond acceptors (Lipinski definition) is 5.